The molecule has 22 heavy (non-hydrogen) atoms. The summed E-state index contributed by atoms with van der Waals surface area (Å²) in [6.45, 7) is 4.96. The third-order valence-electron chi connectivity index (χ3n) is 3.85. The van der Waals surface area contributed by atoms with Gasteiger partial charge in [-0.2, -0.15) is 0 Å². The minimum atomic E-state index is -2.35. The highest BCUT2D eigenvalue weighted by Gasteiger charge is 2.46. The number of carbonyl (C=O) groups is 3. The number of alkyl halides is 1. The number of rotatable bonds is 8. The fraction of sp³-hybridized carbons (Fsp3) is 0.800. The van der Waals surface area contributed by atoms with Crippen molar-refractivity contribution in [3.05, 3.63) is 0 Å². The summed E-state index contributed by atoms with van der Waals surface area (Å²) in [5.41, 5.74) is -2.35. The topological polar surface area (TPSA) is 77.9 Å². The average molecular weight is 316 g/mol. The van der Waals surface area contributed by atoms with Crippen LogP contribution in [-0.2, 0) is 14.4 Å². The standard InChI is InChI=1S/C15H25FN2O4/c1-3-8-17(9-4-2)12(19)5-6-13(20)18-10-7-15(16,11-18)14(21)22/h3-11H2,1-2H3,(H,21,22). The maximum absolute atomic E-state index is 13.9. The van der Waals surface area contributed by atoms with Crippen molar-refractivity contribution in [2.24, 2.45) is 0 Å². The number of carboxylic acid groups (broad SMARTS) is 1. The number of halogens is 1. The maximum Gasteiger partial charge on any atom is 0.343 e. The molecular formula is C15H25FN2O4. The van der Waals surface area contributed by atoms with Gasteiger partial charge in [0.05, 0.1) is 6.54 Å². The molecule has 0 radical (unpaired) electrons. The zero-order chi connectivity index (χ0) is 16.8. The van der Waals surface area contributed by atoms with Gasteiger partial charge in [-0.15, -0.1) is 0 Å². The van der Waals surface area contributed by atoms with Crippen LogP contribution < -0.4 is 0 Å². The number of nitrogens with zero attached hydrogens (tertiary/aromatic N) is 2. The second-order valence-corrected chi connectivity index (χ2v) is 5.72. The Bertz CT molecular complexity index is 424. The monoisotopic (exact) mass is 316 g/mol. The number of amides is 2. The lowest BCUT2D eigenvalue weighted by atomic mass is 10.1. The van der Waals surface area contributed by atoms with Gasteiger partial charge in [-0.3, -0.25) is 9.59 Å². The van der Waals surface area contributed by atoms with Crippen molar-refractivity contribution < 1.29 is 23.9 Å². The smallest absolute Gasteiger partial charge is 0.343 e. The van der Waals surface area contributed by atoms with E-state index in [4.69, 9.17) is 5.11 Å². The van der Waals surface area contributed by atoms with Crippen LogP contribution in [-0.4, -0.2) is 64.5 Å². The van der Waals surface area contributed by atoms with Crippen LogP contribution in [0.4, 0.5) is 4.39 Å². The van der Waals surface area contributed by atoms with Gasteiger partial charge in [-0.1, -0.05) is 13.8 Å². The lowest BCUT2D eigenvalue weighted by Gasteiger charge is -2.22. The predicted molar refractivity (Wildman–Crippen MR) is 79.1 cm³/mol. The molecule has 1 aliphatic rings. The van der Waals surface area contributed by atoms with Gasteiger partial charge in [-0.25, -0.2) is 9.18 Å². The Kier molecular flexibility index (Phi) is 6.77. The summed E-state index contributed by atoms with van der Waals surface area (Å²) in [7, 11) is 0. The SMILES string of the molecule is CCCN(CCC)C(=O)CCC(=O)N1CCC(F)(C(=O)O)C1. The Morgan fingerprint density at radius 1 is 1.18 bits per heavy atom. The molecular weight excluding hydrogens is 291 g/mol. The first kappa shape index (κ1) is 18.4. The van der Waals surface area contributed by atoms with E-state index in [-0.39, 0.29) is 37.6 Å². The van der Waals surface area contributed by atoms with Crippen LogP contribution in [0.2, 0.25) is 0 Å². The van der Waals surface area contributed by atoms with Gasteiger partial charge in [0.1, 0.15) is 0 Å². The van der Waals surface area contributed by atoms with E-state index in [1.165, 1.54) is 4.90 Å². The summed E-state index contributed by atoms with van der Waals surface area (Å²) in [4.78, 5) is 37.8. The molecule has 6 nitrogen and oxygen atoms in total. The van der Waals surface area contributed by atoms with Crippen molar-refractivity contribution in [1.82, 2.24) is 9.80 Å². The van der Waals surface area contributed by atoms with Crippen molar-refractivity contribution in [3.8, 4) is 0 Å². The summed E-state index contributed by atoms with van der Waals surface area (Å²) in [5, 5.41) is 8.81. The van der Waals surface area contributed by atoms with Crippen LogP contribution in [0.3, 0.4) is 0 Å². The second-order valence-electron chi connectivity index (χ2n) is 5.72. The Balaban J connectivity index is 2.46. The molecule has 0 aliphatic carbocycles. The van der Waals surface area contributed by atoms with Gasteiger partial charge in [0.15, 0.2) is 0 Å². The van der Waals surface area contributed by atoms with Crippen LogP contribution in [0.25, 0.3) is 0 Å². The lowest BCUT2D eigenvalue weighted by Crippen LogP contribution is -2.39. The summed E-state index contributed by atoms with van der Waals surface area (Å²) >= 11 is 0. The average Bonchev–Trinajstić information content (AvgIpc) is 2.88. The molecule has 0 aromatic carbocycles. The molecule has 1 aliphatic heterocycles. The normalized spacial score (nSPS) is 21.0. The first-order valence-corrected chi connectivity index (χ1v) is 7.82. The summed E-state index contributed by atoms with van der Waals surface area (Å²) in [6.07, 6.45) is 1.60. The fourth-order valence-electron chi connectivity index (χ4n) is 2.59. The van der Waals surface area contributed by atoms with Crippen molar-refractivity contribution in [2.75, 3.05) is 26.2 Å². The number of aliphatic carboxylic acids is 1. The molecule has 1 heterocycles. The number of carbonyl (C=O) groups excluding carboxylic acids is 2. The molecule has 126 valence electrons. The van der Waals surface area contributed by atoms with Crippen molar-refractivity contribution in [1.29, 1.82) is 0 Å². The van der Waals surface area contributed by atoms with Gasteiger partial charge in [-0.05, 0) is 12.8 Å². The van der Waals surface area contributed by atoms with Gasteiger partial charge in [0.25, 0.3) is 0 Å². The Morgan fingerprint density at radius 2 is 1.77 bits per heavy atom. The van der Waals surface area contributed by atoms with Crippen LogP contribution in [0.5, 0.6) is 0 Å². The van der Waals surface area contributed by atoms with Gasteiger partial charge < -0.3 is 14.9 Å². The zero-order valence-electron chi connectivity index (χ0n) is 13.3. The van der Waals surface area contributed by atoms with Crippen LogP contribution in [0.15, 0.2) is 0 Å². The Morgan fingerprint density at radius 3 is 2.23 bits per heavy atom. The minimum absolute atomic E-state index is 0.00153. The third-order valence-corrected chi connectivity index (χ3v) is 3.85. The summed E-state index contributed by atoms with van der Waals surface area (Å²) in [6, 6.07) is 0. The van der Waals surface area contributed by atoms with Crippen molar-refractivity contribution in [2.45, 2.75) is 51.6 Å². The van der Waals surface area contributed by atoms with E-state index in [1.807, 2.05) is 13.8 Å². The van der Waals surface area contributed by atoms with Crippen molar-refractivity contribution in [3.63, 3.8) is 0 Å². The molecule has 1 saturated heterocycles. The third kappa shape index (κ3) is 4.68. The molecule has 2 amide bonds. The molecule has 1 rings (SSSR count). The summed E-state index contributed by atoms with van der Waals surface area (Å²) < 4.78 is 13.9. The number of hydrogen-bond donors (Lipinski definition) is 1. The maximum atomic E-state index is 13.9. The molecule has 0 spiro atoms. The molecule has 1 unspecified atom stereocenters. The van der Waals surface area contributed by atoms with Gasteiger partial charge in [0, 0.05) is 38.9 Å². The zero-order valence-corrected chi connectivity index (χ0v) is 13.3. The minimum Gasteiger partial charge on any atom is -0.479 e. The quantitative estimate of drug-likeness (QED) is 0.735. The highest BCUT2D eigenvalue weighted by Crippen LogP contribution is 2.26. The van der Waals surface area contributed by atoms with Crippen LogP contribution in [0.1, 0.15) is 46.0 Å². The van der Waals surface area contributed by atoms with Crippen LogP contribution >= 0.6 is 0 Å². The van der Waals surface area contributed by atoms with Gasteiger partial charge in [0.2, 0.25) is 17.5 Å². The predicted octanol–water partition coefficient (Wildman–Crippen LogP) is 1.44. The Labute approximate surface area is 130 Å². The second kappa shape index (κ2) is 8.10. The van der Waals surface area contributed by atoms with Gasteiger partial charge >= 0.3 is 5.97 Å². The first-order chi connectivity index (χ1) is 10.3. The van der Waals surface area contributed by atoms with E-state index in [0.29, 0.717) is 13.1 Å². The summed E-state index contributed by atoms with van der Waals surface area (Å²) in [5.74, 6) is -1.97. The first-order valence-electron chi connectivity index (χ1n) is 7.82. The van der Waals surface area contributed by atoms with E-state index < -0.39 is 18.2 Å². The molecule has 0 saturated carbocycles. The molecule has 1 atom stereocenters. The van der Waals surface area contributed by atoms with Crippen molar-refractivity contribution >= 4 is 17.8 Å². The number of carboxylic acids is 1. The van der Waals surface area contributed by atoms with E-state index in [0.717, 1.165) is 12.8 Å². The highest BCUT2D eigenvalue weighted by atomic mass is 19.1. The number of likely N-dealkylation sites (tertiary alicyclic amines) is 1. The van der Waals surface area contributed by atoms with E-state index in [1.54, 1.807) is 4.90 Å². The molecule has 1 fully saturated rings. The molecule has 0 bridgehead atoms. The fourth-order valence-corrected chi connectivity index (χ4v) is 2.59. The van der Waals surface area contributed by atoms with E-state index in [2.05, 4.69) is 0 Å². The molecule has 1 N–H and O–H groups in total. The molecule has 7 heteroatoms. The molecule has 0 aromatic rings. The molecule has 0 aromatic heterocycles. The Hall–Kier alpha value is -1.66. The lowest BCUT2D eigenvalue weighted by molar-refractivity contribution is -0.150. The van der Waals surface area contributed by atoms with Crippen LogP contribution in [0, 0.1) is 0 Å². The highest BCUT2D eigenvalue weighted by molar-refractivity contribution is 5.85. The largest absolute Gasteiger partial charge is 0.479 e. The number of hydrogen-bond acceptors (Lipinski definition) is 3. The van der Waals surface area contributed by atoms with E-state index >= 15 is 0 Å². The van der Waals surface area contributed by atoms with E-state index in [9.17, 15) is 18.8 Å².